The number of aryl methyl sites for hydroxylation is 2. The molecule has 7 nitrogen and oxygen atoms in total. The summed E-state index contributed by atoms with van der Waals surface area (Å²) >= 11 is 1.51. The smallest absolute Gasteiger partial charge is 0.237 e. The van der Waals surface area contributed by atoms with Crippen molar-refractivity contribution in [2.45, 2.75) is 24.8 Å². The first-order valence-corrected chi connectivity index (χ1v) is 9.05. The molecule has 3 heterocycles. The zero-order valence-corrected chi connectivity index (χ0v) is 15.1. The van der Waals surface area contributed by atoms with Crippen molar-refractivity contribution in [1.82, 2.24) is 29.9 Å². The van der Waals surface area contributed by atoms with Crippen LogP contribution in [0.2, 0.25) is 0 Å². The highest BCUT2D eigenvalue weighted by molar-refractivity contribution is 7.98. The van der Waals surface area contributed by atoms with Crippen LogP contribution < -0.4 is 0 Å². The molecular formula is C18H16N6OS. The molecule has 0 aliphatic rings. The zero-order valence-electron chi connectivity index (χ0n) is 14.3. The van der Waals surface area contributed by atoms with Crippen molar-refractivity contribution < 1.29 is 4.52 Å². The predicted octanol–water partition coefficient (Wildman–Crippen LogP) is 3.62. The number of para-hydroxylation sites is 1. The van der Waals surface area contributed by atoms with E-state index in [1.165, 1.54) is 11.8 Å². The predicted molar refractivity (Wildman–Crippen MR) is 97.9 cm³/mol. The van der Waals surface area contributed by atoms with Gasteiger partial charge in [0.1, 0.15) is 0 Å². The van der Waals surface area contributed by atoms with Crippen molar-refractivity contribution in [3.63, 3.8) is 0 Å². The molecule has 8 heteroatoms. The van der Waals surface area contributed by atoms with E-state index in [4.69, 9.17) is 4.52 Å². The van der Waals surface area contributed by atoms with E-state index in [-0.39, 0.29) is 0 Å². The van der Waals surface area contributed by atoms with E-state index in [9.17, 15) is 0 Å². The Morgan fingerprint density at radius 3 is 2.58 bits per heavy atom. The quantitative estimate of drug-likeness (QED) is 0.500. The fourth-order valence-electron chi connectivity index (χ4n) is 2.61. The molecular weight excluding hydrogens is 348 g/mol. The standard InChI is InChI=1S/C18H16N6OS/c1-12-5-3-4-6-15(12)24-17(14-7-9-19-10-8-14)21-22-18(24)26-11-16-20-13(2)23-25-16/h3-10H,11H2,1-2H3. The number of aromatic nitrogens is 6. The minimum absolute atomic E-state index is 0.529. The maximum Gasteiger partial charge on any atom is 0.237 e. The molecule has 0 saturated heterocycles. The van der Waals surface area contributed by atoms with Gasteiger partial charge in [0.15, 0.2) is 16.8 Å². The highest BCUT2D eigenvalue weighted by atomic mass is 32.2. The van der Waals surface area contributed by atoms with Crippen molar-refractivity contribution in [2.75, 3.05) is 0 Å². The number of hydrogen-bond donors (Lipinski definition) is 0. The topological polar surface area (TPSA) is 82.5 Å². The fraction of sp³-hybridized carbons (Fsp3) is 0.167. The third-order valence-corrected chi connectivity index (χ3v) is 4.74. The van der Waals surface area contributed by atoms with Crippen LogP contribution in [0.1, 0.15) is 17.3 Å². The van der Waals surface area contributed by atoms with Gasteiger partial charge in [0.2, 0.25) is 5.89 Å². The van der Waals surface area contributed by atoms with Gasteiger partial charge in [-0.25, -0.2) is 0 Å². The van der Waals surface area contributed by atoms with Crippen LogP contribution in [0.4, 0.5) is 0 Å². The first-order valence-electron chi connectivity index (χ1n) is 8.06. The lowest BCUT2D eigenvalue weighted by molar-refractivity contribution is 0.387. The zero-order chi connectivity index (χ0) is 17.9. The van der Waals surface area contributed by atoms with Gasteiger partial charge in [0, 0.05) is 18.0 Å². The molecule has 0 bridgehead atoms. The molecule has 0 spiro atoms. The molecule has 4 rings (SSSR count). The monoisotopic (exact) mass is 364 g/mol. The van der Waals surface area contributed by atoms with Gasteiger partial charge in [-0.3, -0.25) is 9.55 Å². The van der Waals surface area contributed by atoms with Gasteiger partial charge in [0.25, 0.3) is 0 Å². The van der Waals surface area contributed by atoms with Crippen LogP contribution in [0.3, 0.4) is 0 Å². The minimum atomic E-state index is 0.529. The number of thioether (sulfide) groups is 1. The van der Waals surface area contributed by atoms with E-state index in [1.807, 2.05) is 24.3 Å². The summed E-state index contributed by atoms with van der Waals surface area (Å²) in [7, 11) is 0. The van der Waals surface area contributed by atoms with Gasteiger partial charge >= 0.3 is 0 Å². The molecule has 0 atom stereocenters. The van der Waals surface area contributed by atoms with Crippen molar-refractivity contribution in [3.05, 3.63) is 66.1 Å². The first kappa shape index (κ1) is 16.5. The van der Waals surface area contributed by atoms with Gasteiger partial charge in [-0.2, -0.15) is 4.98 Å². The molecule has 130 valence electrons. The summed E-state index contributed by atoms with van der Waals surface area (Å²) in [6.07, 6.45) is 3.50. The van der Waals surface area contributed by atoms with Crippen LogP contribution in [0, 0.1) is 13.8 Å². The summed E-state index contributed by atoms with van der Waals surface area (Å²) in [5.41, 5.74) is 3.13. The largest absolute Gasteiger partial charge is 0.338 e. The number of pyridine rings is 1. The molecule has 26 heavy (non-hydrogen) atoms. The highest BCUT2D eigenvalue weighted by Gasteiger charge is 2.18. The van der Waals surface area contributed by atoms with E-state index in [1.54, 1.807) is 19.3 Å². The maximum absolute atomic E-state index is 5.20. The lowest BCUT2D eigenvalue weighted by Crippen LogP contribution is -2.02. The molecule has 4 aromatic rings. The second-order valence-corrected chi connectivity index (χ2v) is 6.63. The van der Waals surface area contributed by atoms with Gasteiger partial charge in [-0.1, -0.05) is 35.1 Å². The normalized spacial score (nSPS) is 11.0. The van der Waals surface area contributed by atoms with Crippen molar-refractivity contribution in [2.24, 2.45) is 0 Å². The number of rotatable bonds is 5. The second-order valence-electron chi connectivity index (χ2n) is 5.69. The SMILES string of the molecule is Cc1noc(CSc2nnc(-c3ccncc3)n2-c2ccccc2C)n1. The lowest BCUT2D eigenvalue weighted by atomic mass is 10.2. The molecule has 0 fully saturated rings. The van der Waals surface area contributed by atoms with Gasteiger partial charge < -0.3 is 4.52 Å². The van der Waals surface area contributed by atoms with E-state index in [2.05, 4.69) is 48.9 Å². The van der Waals surface area contributed by atoms with Crippen LogP contribution in [-0.4, -0.2) is 29.9 Å². The highest BCUT2D eigenvalue weighted by Crippen LogP contribution is 2.30. The summed E-state index contributed by atoms with van der Waals surface area (Å²) < 4.78 is 7.25. The Morgan fingerprint density at radius 1 is 1.04 bits per heavy atom. The number of nitrogens with zero attached hydrogens (tertiary/aromatic N) is 6. The van der Waals surface area contributed by atoms with E-state index in [0.29, 0.717) is 17.5 Å². The van der Waals surface area contributed by atoms with Crippen LogP contribution in [0.5, 0.6) is 0 Å². The Hall–Kier alpha value is -3.00. The third kappa shape index (κ3) is 3.23. The summed E-state index contributed by atoms with van der Waals surface area (Å²) in [6, 6.07) is 12.0. The van der Waals surface area contributed by atoms with Gasteiger partial charge in [0.05, 0.1) is 11.4 Å². The Bertz CT molecular complexity index is 1030. The maximum atomic E-state index is 5.20. The number of benzene rings is 1. The third-order valence-electron chi connectivity index (χ3n) is 3.82. The van der Waals surface area contributed by atoms with Crippen LogP contribution in [-0.2, 0) is 5.75 Å². The average molecular weight is 364 g/mol. The minimum Gasteiger partial charge on any atom is -0.338 e. The number of hydrogen-bond acceptors (Lipinski definition) is 7. The molecule has 0 aliphatic carbocycles. The van der Waals surface area contributed by atoms with E-state index in [0.717, 1.165) is 27.8 Å². The Balaban J connectivity index is 1.77. The van der Waals surface area contributed by atoms with Crippen LogP contribution in [0.25, 0.3) is 17.1 Å². The van der Waals surface area contributed by atoms with Gasteiger partial charge in [-0.15, -0.1) is 10.2 Å². The van der Waals surface area contributed by atoms with E-state index >= 15 is 0 Å². The summed E-state index contributed by atoms with van der Waals surface area (Å²) in [5, 5.41) is 13.4. The molecule has 0 radical (unpaired) electrons. The Kier molecular flexibility index (Phi) is 4.49. The van der Waals surface area contributed by atoms with Crippen LogP contribution >= 0.6 is 11.8 Å². The van der Waals surface area contributed by atoms with E-state index < -0.39 is 0 Å². The Labute approximate surface area is 154 Å². The summed E-state index contributed by atoms with van der Waals surface area (Å²) in [4.78, 5) is 8.33. The average Bonchev–Trinajstić information content (AvgIpc) is 3.27. The lowest BCUT2D eigenvalue weighted by Gasteiger charge is -2.12. The van der Waals surface area contributed by atoms with Gasteiger partial charge in [-0.05, 0) is 37.6 Å². The molecule has 0 N–H and O–H groups in total. The molecule has 1 aromatic carbocycles. The fourth-order valence-corrected chi connectivity index (χ4v) is 3.39. The second kappa shape index (κ2) is 7.09. The first-order chi connectivity index (χ1) is 12.7. The molecule has 3 aromatic heterocycles. The molecule has 0 aliphatic heterocycles. The molecule has 0 amide bonds. The summed E-state index contributed by atoms with van der Waals surface area (Å²) in [6.45, 7) is 3.87. The molecule has 0 unspecified atom stereocenters. The molecule has 0 saturated carbocycles. The van der Waals surface area contributed by atoms with Crippen molar-refractivity contribution in [1.29, 1.82) is 0 Å². The Morgan fingerprint density at radius 2 is 1.85 bits per heavy atom. The van der Waals surface area contributed by atoms with Crippen molar-refractivity contribution in [3.8, 4) is 17.1 Å². The summed E-state index contributed by atoms with van der Waals surface area (Å²) in [5.74, 6) is 2.49. The van der Waals surface area contributed by atoms with Crippen molar-refractivity contribution >= 4 is 11.8 Å². The van der Waals surface area contributed by atoms with Crippen LogP contribution in [0.15, 0.2) is 58.5 Å².